The number of nitrogens with zero attached hydrogens (tertiary/aromatic N) is 1. The summed E-state index contributed by atoms with van der Waals surface area (Å²) >= 11 is 0. The van der Waals surface area contributed by atoms with E-state index in [0.717, 1.165) is 45.2 Å². The Morgan fingerprint density at radius 3 is 2.21 bits per heavy atom. The molecule has 2 aliphatic rings. The van der Waals surface area contributed by atoms with Gasteiger partial charge in [-0.15, -0.1) is 0 Å². The third-order valence-corrected chi connectivity index (χ3v) is 8.50. The highest BCUT2D eigenvalue weighted by atomic mass is 16.7. The third kappa shape index (κ3) is 5.50. The maximum absolute atomic E-state index is 12.3. The predicted molar refractivity (Wildman–Crippen MR) is 151 cm³/mol. The van der Waals surface area contributed by atoms with Crippen molar-refractivity contribution in [3.05, 3.63) is 101 Å². The Morgan fingerprint density at radius 2 is 1.55 bits per heavy atom. The van der Waals surface area contributed by atoms with Gasteiger partial charge >= 0.3 is 5.97 Å². The van der Waals surface area contributed by atoms with E-state index < -0.39 is 0 Å². The second kappa shape index (κ2) is 12.1. The number of anilines is 1. The van der Waals surface area contributed by atoms with E-state index in [2.05, 4.69) is 65.6 Å². The molecule has 5 rings (SSSR count). The number of carbonyl (C=O) groups excluding carboxylic acids is 1. The maximum Gasteiger partial charge on any atom is 0.337 e. The molecule has 0 spiro atoms. The molecule has 0 amide bonds. The molecular weight excluding hydrogens is 474 g/mol. The van der Waals surface area contributed by atoms with Gasteiger partial charge in [0.15, 0.2) is 6.29 Å². The maximum atomic E-state index is 12.3. The lowest BCUT2D eigenvalue weighted by Gasteiger charge is -2.36. The lowest BCUT2D eigenvalue weighted by molar-refractivity contribution is -0.141. The van der Waals surface area contributed by atoms with Gasteiger partial charge in [0.25, 0.3) is 0 Å². The number of esters is 1. The van der Waals surface area contributed by atoms with Crippen molar-refractivity contribution in [1.82, 2.24) is 0 Å². The lowest BCUT2D eigenvalue weighted by Crippen LogP contribution is -2.39. The molecule has 1 fully saturated rings. The second-order valence-corrected chi connectivity index (χ2v) is 10.5. The number of piperidine rings is 1. The van der Waals surface area contributed by atoms with E-state index in [-0.39, 0.29) is 18.2 Å². The molecule has 1 saturated heterocycles. The van der Waals surface area contributed by atoms with E-state index >= 15 is 0 Å². The van der Waals surface area contributed by atoms with Crippen LogP contribution in [0.3, 0.4) is 0 Å². The molecule has 2 atom stereocenters. The molecule has 0 bridgehead atoms. The highest BCUT2D eigenvalue weighted by molar-refractivity contribution is 5.89. The molecule has 38 heavy (non-hydrogen) atoms. The number of carbonyl (C=O) groups is 1. The van der Waals surface area contributed by atoms with Crippen molar-refractivity contribution < 1.29 is 19.0 Å². The first-order chi connectivity index (χ1) is 18.6. The lowest BCUT2D eigenvalue weighted by atomic mass is 9.75. The average molecular weight is 514 g/mol. The summed E-state index contributed by atoms with van der Waals surface area (Å²) < 4.78 is 16.0. The second-order valence-electron chi connectivity index (χ2n) is 10.5. The molecule has 5 nitrogen and oxygen atoms in total. The quantitative estimate of drug-likeness (QED) is 0.203. The summed E-state index contributed by atoms with van der Waals surface area (Å²) in [6.07, 6.45) is 5.16. The van der Waals surface area contributed by atoms with Crippen LogP contribution in [0.4, 0.5) is 5.69 Å². The first-order valence-electron chi connectivity index (χ1n) is 13.8. The van der Waals surface area contributed by atoms with Gasteiger partial charge in [-0.1, -0.05) is 48.5 Å². The van der Waals surface area contributed by atoms with E-state index in [1.807, 2.05) is 12.1 Å². The van der Waals surface area contributed by atoms with Gasteiger partial charge in [-0.05, 0) is 84.5 Å². The van der Waals surface area contributed by atoms with Gasteiger partial charge in [0.05, 0.1) is 12.7 Å². The minimum atomic E-state index is -0.274. The first kappa shape index (κ1) is 26.5. The molecule has 3 aromatic rings. The zero-order chi connectivity index (χ0) is 26.5. The van der Waals surface area contributed by atoms with Crippen LogP contribution < -0.4 is 4.90 Å². The minimum Gasteiger partial charge on any atom is -0.465 e. The average Bonchev–Trinajstić information content (AvgIpc) is 3.17. The van der Waals surface area contributed by atoms with Crippen molar-refractivity contribution in [1.29, 1.82) is 0 Å². The van der Waals surface area contributed by atoms with Gasteiger partial charge in [-0.25, -0.2) is 4.79 Å². The number of benzene rings is 3. The fourth-order valence-electron chi connectivity index (χ4n) is 6.54. The van der Waals surface area contributed by atoms with Crippen LogP contribution >= 0.6 is 0 Å². The number of hydrogen-bond acceptors (Lipinski definition) is 5. The molecule has 200 valence electrons. The van der Waals surface area contributed by atoms with E-state index in [4.69, 9.17) is 14.2 Å². The van der Waals surface area contributed by atoms with E-state index in [1.165, 1.54) is 35.1 Å². The molecule has 1 heterocycles. The van der Waals surface area contributed by atoms with Gasteiger partial charge in [0.2, 0.25) is 0 Å². The number of methoxy groups -OCH3 is 3. The number of ether oxygens (including phenoxy) is 3. The number of rotatable bonds is 7. The Morgan fingerprint density at radius 1 is 0.842 bits per heavy atom. The normalized spacial score (nSPS) is 20.2. The van der Waals surface area contributed by atoms with Crippen LogP contribution in [0.2, 0.25) is 0 Å². The van der Waals surface area contributed by atoms with Crippen LogP contribution in [-0.2, 0) is 20.6 Å². The summed E-state index contributed by atoms with van der Waals surface area (Å²) in [6.45, 7) is 2.00. The summed E-state index contributed by atoms with van der Waals surface area (Å²) in [4.78, 5) is 14.7. The Bertz CT molecular complexity index is 1200. The van der Waals surface area contributed by atoms with Crippen LogP contribution in [0.15, 0.2) is 72.8 Å². The number of aryl methyl sites for hydroxylation is 1. The zero-order valence-corrected chi connectivity index (χ0v) is 22.8. The number of fused-ring (bicyclic) bond motifs is 1. The minimum absolute atomic E-state index is 0.121. The largest absolute Gasteiger partial charge is 0.465 e. The monoisotopic (exact) mass is 513 g/mol. The molecule has 3 aromatic carbocycles. The van der Waals surface area contributed by atoms with E-state index in [9.17, 15) is 4.79 Å². The van der Waals surface area contributed by atoms with Gasteiger partial charge in [0.1, 0.15) is 0 Å². The van der Waals surface area contributed by atoms with Crippen molar-refractivity contribution in [3.8, 4) is 0 Å². The van der Waals surface area contributed by atoms with Crippen LogP contribution in [0.5, 0.6) is 0 Å². The van der Waals surface area contributed by atoms with Crippen LogP contribution in [0.1, 0.15) is 70.1 Å². The Hall–Kier alpha value is -3.15. The topological polar surface area (TPSA) is 48.0 Å². The molecule has 0 aromatic heterocycles. The Kier molecular flexibility index (Phi) is 8.45. The Labute approximate surface area is 226 Å². The van der Waals surface area contributed by atoms with Crippen molar-refractivity contribution in [2.24, 2.45) is 5.92 Å². The van der Waals surface area contributed by atoms with E-state index in [0.29, 0.717) is 17.4 Å². The molecule has 1 aliphatic carbocycles. The molecule has 0 N–H and O–H groups in total. The molecule has 0 saturated carbocycles. The fourth-order valence-corrected chi connectivity index (χ4v) is 6.54. The highest BCUT2D eigenvalue weighted by Gasteiger charge is 2.31. The molecule has 5 heteroatoms. The molecular formula is C33H39NO4. The standard InChI is InChI=1S/C33H39NO4/c1-36-32(35)27-14-17-30-26(22-27)10-7-11-29(23-8-5-4-6-9-23)31(30)24-12-15-28(16-13-24)34-20-18-25(19-21-34)33(37-2)38-3/h4-6,8-9,12-17,22,25,29,31,33H,7,10-11,18-21H2,1-3H3/t29-,31+/m1/s1. The Balaban J connectivity index is 1.44. The van der Waals surface area contributed by atoms with Crippen LogP contribution in [0, 0.1) is 5.92 Å². The van der Waals surface area contributed by atoms with Crippen molar-refractivity contribution >= 4 is 11.7 Å². The molecule has 0 radical (unpaired) electrons. The zero-order valence-electron chi connectivity index (χ0n) is 22.8. The van der Waals surface area contributed by atoms with Crippen molar-refractivity contribution in [2.45, 2.75) is 50.2 Å². The highest BCUT2D eigenvalue weighted by Crippen LogP contribution is 2.45. The van der Waals surface area contributed by atoms with Gasteiger partial charge in [0, 0.05) is 44.8 Å². The van der Waals surface area contributed by atoms with Crippen LogP contribution in [0.25, 0.3) is 0 Å². The summed E-state index contributed by atoms with van der Waals surface area (Å²) in [7, 11) is 4.90. The summed E-state index contributed by atoms with van der Waals surface area (Å²) in [6, 6.07) is 26.2. The van der Waals surface area contributed by atoms with Gasteiger partial charge in [-0.2, -0.15) is 0 Å². The van der Waals surface area contributed by atoms with Crippen molar-refractivity contribution in [3.63, 3.8) is 0 Å². The molecule has 1 aliphatic heterocycles. The van der Waals surface area contributed by atoms with Crippen molar-refractivity contribution in [2.75, 3.05) is 39.3 Å². The van der Waals surface area contributed by atoms with Gasteiger partial charge < -0.3 is 19.1 Å². The third-order valence-electron chi connectivity index (χ3n) is 8.50. The van der Waals surface area contributed by atoms with E-state index in [1.54, 1.807) is 14.2 Å². The summed E-state index contributed by atoms with van der Waals surface area (Å²) in [5, 5.41) is 0. The first-order valence-corrected chi connectivity index (χ1v) is 13.8. The van der Waals surface area contributed by atoms with Gasteiger partial charge in [-0.3, -0.25) is 0 Å². The smallest absolute Gasteiger partial charge is 0.337 e. The predicted octanol–water partition coefficient (Wildman–Crippen LogP) is 6.56. The summed E-state index contributed by atoms with van der Waals surface area (Å²) in [5.41, 5.74) is 7.18. The number of hydrogen-bond donors (Lipinski definition) is 0. The fraction of sp³-hybridized carbons (Fsp3) is 0.424. The SMILES string of the molecule is COC(=O)c1ccc2c(c1)CCC[C@H](c1ccccc1)[C@@H]2c1ccc(N2CCC(C(OC)OC)CC2)cc1. The van der Waals surface area contributed by atoms with Crippen LogP contribution in [-0.4, -0.2) is 46.7 Å². The molecule has 0 unspecified atom stereocenters. The summed E-state index contributed by atoms with van der Waals surface area (Å²) in [5.74, 6) is 0.766.